The normalized spacial score (nSPS) is 16.9. The van der Waals surface area contributed by atoms with Gasteiger partial charge < -0.3 is 19.9 Å². The van der Waals surface area contributed by atoms with Crippen LogP contribution >= 0.6 is 11.8 Å². The van der Waals surface area contributed by atoms with Gasteiger partial charge in [-0.2, -0.15) is 0 Å². The molecule has 8 nitrogen and oxygen atoms in total. The minimum absolute atomic E-state index is 0.0864. The highest BCUT2D eigenvalue weighted by Gasteiger charge is 2.26. The molecule has 2 heterocycles. The second-order valence-electron chi connectivity index (χ2n) is 7.57. The number of nitrogens with zero attached hydrogens (tertiary/aromatic N) is 3. The lowest BCUT2D eigenvalue weighted by Crippen LogP contribution is -2.41. The number of thioether (sulfide) groups is 1. The van der Waals surface area contributed by atoms with Crippen LogP contribution in [-0.2, 0) is 16.3 Å². The summed E-state index contributed by atoms with van der Waals surface area (Å²) in [5.41, 5.74) is 2.82. The molecule has 0 spiro atoms. The molecule has 33 heavy (non-hydrogen) atoms. The van der Waals surface area contributed by atoms with E-state index in [9.17, 15) is 5.11 Å². The van der Waals surface area contributed by atoms with E-state index in [-0.39, 0.29) is 31.8 Å². The van der Waals surface area contributed by atoms with Crippen LogP contribution in [0.5, 0.6) is 0 Å². The Hall–Kier alpha value is -3.11. The van der Waals surface area contributed by atoms with Crippen molar-refractivity contribution in [2.24, 2.45) is 0 Å². The van der Waals surface area contributed by atoms with Gasteiger partial charge in [0, 0.05) is 29.5 Å². The molecule has 3 N–H and O–H groups in total. The predicted octanol–water partition coefficient (Wildman–Crippen LogP) is 3.55. The predicted molar refractivity (Wildman–Crippen MR) is 128 cm³/mol. The monoisotopic (exact) mass is 465 g/mol. The van der Waals surface area contributed by atoms with Crippen LogP contribution in [0.1, 0.15) is 12.5 Å². The molecule has 3 aromatic rings. The molecule has 0 saturated carbocycles. The second kappa shape index (κ2) is 11.2. The third kappa shape index (κ3) is 5.82. The molecule has 1 aliphatic heterocycles. The number of aliphatic hydroxyl groups excluding tert-OH is 1. The van der Waals surface area contributed by atoms with Crippen molar-refractivity contribution in [3.63, 3.8) is 0 Å². The van der Waals surface area contributed by atoms with E-state index in [1.165, 1.54) is 0 Å². The van der Waals surface area contributed by atoms with Crippen molar-refractivity contribution in [3.05, 3.63) is 89.5 Å². The molecular weight excluding hydrogens is 438 g/mol. The largest absolute Gasteiger partial charge is 0.394 e. The third-order valence-electron chi connectivity index (χ3n) is 5.28. The Morgan fingerprint density at radius 3 is 2.67 bits per heavy atom. The van der Waals surface area contributed by atoms with Gasteiger partial charge in [0.15, 0.2) is 6.73 Å². The Kier molecular flexibility index (Phi) is 7.79. The highest BCUT2D eigenvalue weighted by molar-refractivity contribution is 8.03. The Labute approximate surface area is 197 Å². The number of benzene rings is 2. The van der Waals surface area contributed by atoms with Gasteiger partial charge in [0.1, 0.15) is 12.4 Å². The molecule has 1 fully saturated rings. The van der Waals surface area contributed by atoms with E-state index >= 15 is 0 Å². The van der Waals surface area contributed by atoms with Gasteiger partial charge in [-0.1, -0.05) is 42.1 Å². The summed E-state index contributed by atoms with van der Waals surface area (Å²) >= 11 is 1.54. The molecule has 4 rings (SSSR count). The molecule has 1 aromatic heterocycles. The molecule has 172 valence electrons. The van der Waals surface area contributed by atoms with Gasteiger partial charge in [-0.25, -0.2) is 14.8 Å². The maximum Gasteiger partial charge on any atom is 0.155 e. The molecular formula is C24H27N5O3S. The van der Waals surface area contributed by atoms with Gasteiger partial charge in [0.25, 0.3) is 0 Å². The van der Waals surface area contributed by atoms with E-state index < -0.39 is 0 Å². The molecule has 0 bridgehead atoms. The number of aromatic nitrogens is 2. The topological polar surface area (TPSA) is 95.6 Å². The Bertz CT molecular complexity index is 1070. The first-order valence-corrected chi connectivity index (χ1v) is 11.5. The van der Waals surface area contributed by atoms with Crippen LogP contribution < -0.4 is 5.32 Å². The summed E-state index contributed by atoms with van der Waals surface area (Å²) in [7, 11) is 0. The maximum absolute atomic E-state index is 9.62. The quantitative estimate of drug-likeness (QED) is 0.346. The summed E-state index contributed by atoms with van der Waals surface area (Å²) < 4.78 is 1.96. The zero-order valence-electron chi connectivity index (χ0n) is 18.3. The van der Waals surface area contributed by atoms with Crippen molar-refractivity contribution in [1.82, 2.24) is 19.8 Å². The van der Waals surface area contributed by atoms with Gasteiger partial charge in [0.05, 0.1) is 29.6 Å². The van der Waals surface area contributed by atoms with Crippen molar-refractivity contribution >= 4 is 17.6 Å². The van der Waals surface area contributed by atoms with Crippen LogP contribution in [0.3, 0.4) is 0 Å². The standard InChI is InChI=1S/C24H27N5O3S/c1-18(14-30)29-17-32-31-15-22(23(29)25)24(33-21-5-3-2-4-6-21)27-13-19-7-9-20(10-8-19)28-12-11-26-16-28/h2-12,16,18,25,27,30H,13-15,17H2,1H3/b24-22+,25-23?. The van der Waals surface area contributed by atoms with Crippen LogP contribution in [0.15, 0.2) is 88.8 Å². The molecule has 2 aromatic carbocycles. The van der Waals surface area contributed by atoms with Crippen molar-refractivity contribution in [2.45, 2.75) is 24.4 Å². The van der Waals surface area contributed by atoms with E-state index in [1.54, 1.807) is 29.2 Å². The highest BCUT2D eigenvalue weighted by Crippen LogP contribution is 2.29. The summed E-state index contributed by atoms with van der Waals surface area (Å²) in [6.07, 6.45) is 5.43. The zero-order chi connectivity index (χ0) is 23.0. The Morgan fingerprint density at radius 1 is 1.18 bits per heavy atom. The molecule has 1 saturated heterocycles. The van der Waals surface area contributed by atoms with Gasteiger partial charge in [0.2, 0.25) is 0 Å². The second-order valence-corrected chi connectivity index (χ2v) is 8.66. The summed E-state index contributed by atoms with van der Waals surface area (Å²) in [6, 6.07) is 17.9. The molecule has 0 amide bonds. The fraction of sp³-hybridized carbons (Fsp3) is 0.250. The number of rotatable bonds is 8. The summed E-state index contributed by atoms with van der Waals surface area (Å²) in [5.74, 6) is 0.274. The smallest absolute Gasteiger partial charge is 0.155 e. The van der Waals surface area contributed by atoms with Crippen LogP contribution in [0.4, 0.5) is 0 Å². The minimum atomic E-state index is -0.270. The first-order chi connectivity index (χ1) is 16.2. The van der Waals surface area contributed by atoms with E-state index in [2.05, 4.69) is 22.4 Å². The molecule has 0 aliphatic carbocycles. The Balaban J connectivity index is 1.58. The lowest BCUT2D eigenvalue weighted by atomic mass is 10.2. The van der Waals surface area contributed by atoms with E-state index in [0.717, 1.165) is 21.2 Å². The van der Waals surface area contributed by atoms with Crippen molar-refractivity contribution in [1.29, 1.82) is 5.41 Å². The van der Waals surface area contributed by atoms with Crippen molar-refractivity contribution < 1.29 is 14.9 Å². The highest BCUT2D eigenvalue weighted by atomic mass is 32.2. The van der Waals surface area contributed by atoms with Gasteiger partial charge >= 0.3 is 0 Å². The van der Waals surface area contributed by atoms with E-state index in [4.69, 9.17) is 15.2 Å². The van der Waals surface area contributed by atoms with Crippen LogP contribution in [0.2, 0.25) is 0 Å². The van der Waals surface area contributed by atoms with Crippen LogP contribution in [0.25, 0.3) is 5.69 Å². The minimum Gasteiger partial charge on any atom is -0.394 e. The average Bonchev–Trinajstić information content (AvgIpc) is 3.32. The third-order valence-corrected chi connectivity index (χ3v) is 6.38. The van der Waals surface area contributed by atoms with E-state index in [1.807, 2.05) is 60.2 Å². The molecule has 1 aliphatic rings. The van der Waals surface area contributed by atoms with Gasteiger partial charge in [-0.15, -0.1) is 0 Å². The van der Waals surface area contributed by atoms with Gasteiger partial charge in [-0.3, -0.25) is 5.41 Å². The summed E-state index contributed by atoms with van der Waals surface area (Å²) in [5, 5.41) is 22.7. The molecule has 0 radical (unpaired) electrons. The number of nitrogens with one attached hydrogen (secondary N) is 2. The van der Waals surface area contributed by atoms with Crippen molar-refractivity contribution in [2.75, 3.05) is 19.9 Å². The van der Waals surface area contributed by atoms with Crippen LogP contribution in [0, 0.1) is 5.41 Å². The molecule has 1 unspecified atom stereocenters. The summed E-state index contributed by atoms with van der Waals surface area (Å²) in [4.78, 5) is 17.4. The van der Waals surface area contributed by atoms with Crippen LogP contribution in [-0.4, -0.2) is 51.4 Å². The molecule has 1 atom stereocenters. The zero-order valence-corrected chi connectivity index (χ0v) is 19.2. The van der Waals surface area contributed by atoms with Gasteiger partial charge in [-0.05, 0) is 36.8 Å². The number of aliphatic hydroxyl groups is 1. The number of hydrogen-bond acceptors (Lipinski definition) is 7. The first kappa shape index (κ1) is 23.1. The number of imidazole rings is 1. The fourth-order valence-corrected chi connectivity index (χ4v) is 4.26. The van der Waals surface area contributed by atoms with E-state index in [0.29, 0.717) is 12.1 Å². The maximum atomic E-state index is 9.62. The first-order valence-electron chi connectivity index (χ1n) is 10.6. The lowest BCUT2D eigenvalue weighted by molar-refractivity contribution is -0.300. The fourth-order valence-electron chi connectivity index (χ4n) is 3.31. The lowest BCUT2D eigenvalue weighted by Gasteiger charge is -2.28. The number of hydrogen-bond donors (Lipinski definition) is 3. The Morgan fingerprint density at radius 2 is 1.97 bits per heavy atom. The SMILES string of the molecule is CC(CO)N1COOC/C(=C(/NCc2ccc(-n3ccnc3)cc2)Sc2ccccc2)C1=N. The van der Waals surface area contributed by atoms with Crippen molar-refractivity contribution in [3.8, 4) is 5.69 Å². The number of amidine groups is 1. The average molecular weight is 466 g/mol. The molecule has 9 heteroatoms. The summed E-state index contributed by atoms with van der Waals surface area (Å²) in [6.45, 7) is 2.56.